The number of aryl methyl sites for hydroxylation is 2. The molecule has 1 atom stereocenters. The van der Waals surface area contributed by atoms with Crippen LogP contribution in [-0.2, 0) is 21.8 Å². The summed E-state index contributed by atoms with van der Waals surface area (Å²) < 4.78 is 40.8. The Morgan fingerprint density at radius 2 is 1.91 bits per heavy atom. The Labute approximate surface area is 199 Å². The molecule has 182 valence electrons. The number of likely N-dealkylation sites (tertiary alicyclic amines) is 1. The molecule has 2 aliphatic rings. The number of hydrogen-bond acceptors (Lipinski definition) is 8. The van der Waals surface area contributed by atoms with Crippen LogP contribution in [0.1, 0.15) is 52.8 Å². The number of carbonyl (C=O) groups excluding carboxylic acids is 1. The van der Waals surface area contributed by atoms with Crippen LogP contribution < -0.4 is 5.73 Å². The summed E-state index contributed by atoms with van der Waals surface area (Å²) in [6.07, 6.45) is 2.24. The molecule has 2 aliphatic heterocycles. The van der Waals surface area contributed by atoms with Crippen molar-refractivity contribution >= 4 is 21.5 Å². The molecule has 1 aromatic carbocycles. The summed E-state index contributed by atoms with van der Waals surface area (Å²) in [7, 11) is -1.78. The van der Waals surface area contributed by atoms with Gasteiger partial charge < -0.3 is 10.6 Å². The van der Waals surface area contributed by atoms with E-state index in [0.717, 1.165) is 0 Å². The molecule has 1 saturated heterocycles. The Morgan fingerprint density at radius 1 is 1.24 bits per heavy atom. The number of ketones is 1. The number of piperidine rings is 1. The lowest BCUT2D eigenvalue weighted by molar-refractivity contribution is 0.0987. The van der Waals surface area contributed by atoms with E-state index in [9.17, 15) is 13.2 Å². The summed E-state index contributed by atoms with van der Waals surface area (Å²) in [4.78, 5) is 28.0. The van der Waals surface area contributed by atoms with Crippen LogP contribution in [0.4, 0.5) is 4.39 Å². The Bertz CT molecular complexity index is 1290. The van der Waals surface area contributed by atoms with Crippen molar-refractivity contribution in [3.63, 3.8) is 0 Å². The Balaban J connectivity index is 1.69. The average Bonchev–Trinajstić information content (AvgIpc) is 2.74. The summed E-state index contributed by atoms with van der Waals surface area (Å²) in [6.45, 7) is 6.28. The van der Waals surface area contributed by atoms with E-state index >= 15 is 4.39 Å². The molecule has 1 fully saturated rings. The molecule has 10 heteroatoms. The third-order valence-corrected chi connectivity index (χ3v) is 9.75. The van der Waals surface area contributed by atoms with Gasteiger partial charge in [-0.2, -0.15) is 0 Å². The predicted octanol–water partition coefficient (Wildman–Crippen LogP) is 2.12. The minimum absolute atomic E-state index is 0.0237. The first-order chi connectivity index (χ1) is 15.9. The molecule has 0 unspecified atom stereocenters. The van der Waals surface area contributed by atoms with Crippen LogP contribution in [0.2, 0.25) is 0 Å². The van der Waals surface area contributed by atoms with E-state index in [-0.39, 0.29) is 35.0 Å². The number of Topliss-reactive ketones (excluding diaryl/α,β-unsaturated/α-hetero) is 1. The fraction of sp³-hybridized carbons (Fsp3) is 0.500. The lowest BCUT2D eigenvalue weighted by atomic mass is 9.89. The molecule has 0 radical (unpaired) electrons. The second-order valence-electron chi connectivity index (χ2n) is 9.69. The van der Waals surface area contributed by atoms with Crippen molar-refractivity contribution in [2.45, 2.75) is 50.3 Å². The molecule has 4 rings (SSSR count). The zero-order valence-corrected chi connectivity index (χ0v) is 20.7. The lowest BCUT2D eigenvalue weighted by Crippen LogP contribution is -2.62. The number of carbonyl (C=O) groups is 1. The molecule has 1 spiro atoms. The van der Waals surface area contributed by atoms with Gasteiger partial charge in [-0.3, -0.25) is 14.8 Å². The number of rotatable bonds is 4. The van der Waals surface area contributed by atoms with E-state index in [4.69, 9.17) is 5.73 Å². The molecule has 8 nitrogen and oxygen atoms in total. The summed E-state index contributed by atoms with van der Waals surface area (Å²) >= 11 is 0. The van der Waals surface area contributed by atoms with E-state index in [1.165, 1.54) is 24.4 Å². The number of aromatic nitrogens is 2. The summed E-state index contributed by atoms with van der Waals surface area (Å²) in [5.41, 5.74) is 7.07. The summed E-state index contributed by atoms with van der Waals surface area (Å²) in [5.74, 6) is -1.14. The van der Waals surface area contributed by atoms with Gasteiger partial charge in [0, 0.05) is 18.2 Å². The fourth-order valence-electron chi connectivity index (χ4n) is 4.99. The zero-order chi connectivity index (χ0) is 24.9. The van der Waals surface area contributed by atoms with Crippen molar-refractivity contribution in [3.05, 3.63) is 58.4 Å². The smallest absolute Gasteiger partial charge is 0.187 e. The molecule has 0 saturated carbocycles. The maximum absolute atomic E-state index is 15.0. The van der Waals surface area contributed by atoms with Crippen molar-refractivity contribution in [2.75, 3.05) is 25.9 Å². The average molecular weight is 488 g/mol. The number of halogens is 1. The first kappa shape index (κ1) is 24.4. The molecular formula is C24H30FN5O3S. The standard InChI is InChI=1S/C24H30FN5O3S/c1-15-13-27-21(16(2)28-15)20(31)12-17-5-6-19(25)18(11-17)23(3)14-34(32,33)24(22(26)29-23)7-9-30(4)10-8-24/h5-6,11,13H,7-10,12,14H2,1-4H3,(H2,26,29)/t23-/m0/s1. The maximum Gasteiger partial charge on any atom is 0.187 e. The number of nitrogens with zero attached hydrogens (tertiary/aromatic N) is 4. The largest absolute Gasteiger partial charge is 0.386 e. The van der Waals surface area contributed by atoms with E-state index in [1.807, 2.05) is 7.05 Å². The SMILES string of the molecule is Cc1cnc(C(=O)Cc2ccc(F)c([C@]3(C)CS(=O)(=O)C4(CCN(C)CC4)C(N)=N3)c2)c(C)n1. The van der Waals surface area contributed by atoms with Crippen LogP contribution in [0, 0.1) is 19.7 Å². The number of aliphatic imine (C=N–C) groups is 1. The van der Waals surface area contributed by atoms with Crippen LogP contribution in [0.15, 0.2) is 29.4 Å². The van der Waals surface area contributed by atoms with Gasteiger partial charge in [-0.05, 0) is 71.4 Å². The van der Waals surface area contributed by atoms with Crippen molar-refractivity contribution in [1.29, 1.82) is 0 Å². The topological polar surface area (TPSA) is 119 Å². The van der Waals surface area contributed by atoms with Crippen molar-refractivity contribution < 1.29 is 17.6 Å². The van der Waals surface area contributed by atoms with Crippen molar-refractivity contribution in [3.8, 4) is 0 Å². The van der Waals surface area contributed by atoms with Gasteiger partial charge in [0.2, 0.25) is 0 Å². The molecule has 2 N–H and O–H groups in total. The van der Waals surface area contributed by atoms with Gasteiger partial charge in [-0.15, -0.1) is 0 Å². The highest BCUT2D eigenvalue weighted by Gasteiger charge is 2.55. The molecule has 0 bridgehead atoms. The number of nitrogens with two attached hydrogens (primary N) is 1. The summed E-state index contributed by atoms with van der Waals surface area (Å²) in [6, 6.07) is 4.28. The zero-order valence-electron chi connectivity index (χ0n) is 19.9. The molecule has 2 aromatic rings. The highest BCUT2D eigenvalue weighted by atomic mass is 32.2. The number of amidine groups is 1. The minimum atomic E-state index is -3.71. The van der Waals surface area contributed by atoms with E-state index < -0.39 is 25.9 Å². The quantitative estimate of drug-likeness (QED) is 0.656. The van der Waals surface area contributed by atoms with E-state index in [1.54, 1.807) is 20.8 Å². The normalized spacial score (nSPS) is 24.1. The van der Waals surface area contributed by atoms with Crippen LogP contribution in [0.5, 0.6) is 0 Å². The molecule has 3 heterocycles. The molecule has 1 aromatic heterocycles. The second kappa shape index (κ2) is 8.49. The van der Waals surface area contributed by atoms with Gasteiger partial charge in [-0.25, -0.2) is 17.8 Å². The van der Waals surface area contributed by atoms with Gasteiger partial charge in [-0.1, -0.05) is 6.07 Å². The first-order valence-electron chi connectivity index (χ1n) is 11.3. The van der Waals surface area contributed by atoms with Gasteiger partial charge >= 0.3 is 0 Å². The van der Waals surface area contributed by atoms with Gasteiger partial charge in [0.25, 0.3) is 0 Å². The van der Waals surface area contributed by atoms with Gasteiger partial charge in [0.15, 0.2) is 15.6 Å². The van der Waals surface area contributed by atoms with Crippen LogP contribution >= 0.6 is 0 Å². The van der Waals surface area contributed by atoms with E-state index in [2.05, 4.69) is 19.9 Å². The Hall–Kier alpha value is -2.72. The van der Waals surface area contributed by atoms with Crippen LogP contribution in [-0.4, -0.2) is 65.5 Å². The monoisotopic (exact) mass is 487 g/mol. The van der Waals surface area contributed by atoms with Gasteiger partial charge in [0.05, 0.1) is 17.1 Å². The van der Waals surface area contributed by atoms with Crippen LogP contribution in [0.25, 0.3) is 0 Å². The third kappa shape index (κ3) is 4.13. The van der Waals surface area contributed by atoms with Crippen molar-refractivity contribution in [1.82, 2.24) is 14.9 Å². The summed E-state index contributed by atoms with van der Waals surface area (Å²) in [5, 5.41) is 0. The Kier molecular flexibility index (Phi) is 6.10. The lowest BCUT2D eigenvalue weighted by Gasteiger charge is -2.45. The van der Waals surface area contributed by atoms with Crippen LogP contribution in [0.3, 0.4) is 0 Å². The third-order valence-electron chi connectivity index (χ3n) is 7.00. The van der Waals surface area contributed by atoms with E-state index in [0.29, 0.717) is 42.9 Å². The molecule has 0 amide bonds. The molecule has 34 heavy (non-hydrogen) atoms. The Morgan fingerprint density at radius 3 is 2.53 bits per heavy atom. The number of hydrogen-bond donors (Lipinski definition) is 1. The number of sulfone groups is 1. The first-order valence-corrected chi connectivity index (χ1v) is 12.9. The van der Waals surface area contributed by atoms with Crippen molar-refractivity contribution in [2.24, 2.45) is 10.7 Å². The minimum Gasteiger partial charge on any atom is -0.386 e. The number of benzene rings is 1. The highest BCUT2D eigenvalue weighted by Crippen LogP contribution is 2.42. The molecule has 0 aliphatic carbocycles. The fourth-order valence-corrected chi connectivity index (χ4v) is 7.39. The van der Waals surface area contributed by atoms with Gasteiger partial charge in [0.1, 0.15) is 27.6 Å². The maximum atomic E-state index is 15.0. The predicted molar refractivity (Wildman–Crippen MR) is 128 cm³/mol. The molecular weight excluding hydrogens is 457 g/mol. The highest BCUT2D eigenvalue weighted by molar-refractivity contribution is 7.93. The second-order valence-corrected chi connectivity index (χ2v) is 12.0.